The molecule has 3 amide bonds. The first-order valence-electron chi connectivity index (χ1n) is 13.9. The molecule has 3 aliphatic rings. The number of methoxy groups -OCH3 is 1. The number of rotatable bonds is 9. The van der Waals surface area contributed by atoms with Gasteiger partial charge in [-0.05, 0) is 70.2 Å². The van der Waals surface area contributed by atoms with Crippen molar-refractivity contribution in [2.75, 3.05) is 46.2 Å². The van der Waals surface area contributed by atoms with E-state index in [0.717, 1.165) is 32.2 Å². The summed E-state index contributed by atoms with van der Waals surface area (Å²) in [5.74, 6) is 0.993. The Morgan fingerprint density at radius 2 is 1.84 bits per heavy atom. The zero-order valence-electron chi connectivity index (χ0n) is 23.0. The molecule has 8 heteroatoms. The summed E-state index contributed by atoms with van der Waals surface area (Å²) in [5.41, 5.74) is 1.81. The number of benzene rings is 1. The average Bonchev–Trinajstić information content (AvgIpc) is 3.16. The molecular weight excluding hydrogens is 478 g/mol. The zero-order valence-corrected chi connectivity index (χ0v) is 23.0. The molecule has 2 aromatic rings. The molecule has 2 saturated carbocycles. The molecule has 1 N–H and O–H groups in total. The Morgan fingerprint density at radius 3 is 2.42 bits per heavy atom. The van der Waals surface area contributed by atoms with Crippen LogP contribution in [0.2, 0.25) is 0 Å². The molecule has 2 aliphatic carbocycles. The van der Waals surface area contributed by atoms with Crippen molar-refractivity contribution >= 4 is 17.6 Å². The van der Waals surface area contributed by atoms with E-state index in [4.69, 9.17) is 4.74 Å². The number of carbonyl (C=O) groups is 2. The fraction of sp³-hybridized carbons (Fsp3) is 0.567. The Morgan fingerprint density at radius 1 is 1.11 bits per heavy atom. The van der Waals surface area contributed by atoms with Crippen molar-refractivity contribution in [1.29, 1.82) is 0 Å². The van der Waals surface area contributed by atoms with Crippen molar-refractivity contribution in [3.8, 4) is 5.88 Å². The molecule has 0 unspecified atom stereocenters. The van der Waals surface area contributed by atoms with E-state index < -0.39 is 0 Å². The lowest BCUT2D eigenvalue weighted by Crippen LogP contribution is -2.56. The first-order valence-corrected chi connectivity index (χ1v) is 13.9. The maximum absolute atomic E-state index is 13.7. The molecule has 1 aromatic heterocycles. The molecular formula is C30H41N5O3. The molecule has 5 rings (SSSR count). The highest BCUT2D eigenvalue weighted by atomic mass is 16.5. The lowest BCUT2D eigenvalue weighted by molar-refractivity contribution is -0.116. The summed E-state index contributed by atoms with van der Waals surface area (Å²) in [6.45, 7) is 1.97. The fourth-order valence-electron chi connectivity index (χ4n) is 6.60. The third kappa shape index (κ3) is 5.10. The average molecular weight is 520 g/mol. The van der Waals surface area contributed by atoms with Crippen LogP contribution in [0, 0.1) is 5.92 Å². The third-order valence-corrected chi connectivity index (χ3v) is 9.24. The first kappa shape index (κ1) is 26.5. The number of amides is 3. The van der Waals surface area contributed by atoms with Crippen molar-refractivity contribution in [1.82, 2.24) is 19.7 Å². The fourth-order valence-corrected chi connectivity index (χ4v) is 6.60. The van der Waals surface area contributed by atoms with Crippen LogP contribution in [0.4, 0.5) is 10.5 Å². The molecule has 0 bridgehead atoms. The highest BCUT2D eigenvalue weighted by Gasteiger charge is 2.54. The third-order valence-electron chi connectivity index (χ3n) is 9.24. The van der Waals surface area contributed by atoms with Crippen LogP contribution in [0.3, 0.4) is 0 Å². The van der Waals surface area contributed by atoms with Crippen molar-refractivity contribution in [2.45, 2.75) is 62.4 Å². The van der Waals surface area contributed by atoms with E-state index in [1.54, 1.807) is 25.4 Å². The Balaban J connectivity index is 1.27. The summed E-state index contributed by atoms with van der Waals surface area (Å²) in [7, 11) is 5.92. The molecule has 1 spiro atoms. The topological polar surface area (TPSA) is 78.0 Å². The van der Waals surface area contributed by atoms with E-state index in [1.807, 2.05) is 4.90 Å². The molecule has 0 atom stereocenters. The van der Waals surface area contributed by atoms with Crippen LogP contribution in [-0.2, 0) is 10.3 Å². The number of aromatic nitrogens is 1. The summed E-state index contributed by atoms with van der Waals surface area (Å²) in [5, 5.41) is 2.89. The Bertz CT molecular complexity index is 1110. The number of anilines is 1. The molecule has 1 aromatic carbocycles. The number of nitrogens with zero attached hydrogens (tertiary/aromatic N) is 4. The van der Waals surface area contributed by atoms with Crippen LogP contribution in [0.5, 0.6) is 5.88 Å². The van der Waals surface area contributed by atoms with Gasteiger partial charge < -0.3 is 19.9 Å². The van der Waals surface area contributed by atoms with Crippen LogP contribution < -0.4 is 10.1 Å². The van der Waals surface area contributed by atoms with Crippen molar-refractivity contribution in [3.63, 3.8) is 0 Å². The van der Waals surface area contributed by atoms with Crippen LogP contribution in [0.15, 0.2) is 48.7 Å². The molecule has 8 nitrogen and oxygen atoms in total. The largest absolute Gasteiger partial charge is 0.481 e. The summed E-state index contributed by atoms with van der Waals surface area (Å²) in [4.78, 5) is 37.1. The van der Waals surface area contributed by atoms with Gasteiger partial charge in [0.25, 0.3) is 0 Å². The van der Waals surface area contributed by atoms with Crippen molar-refractivity contribution in [2.24, 2.45) is 5.92 Å². The zero-order chi connectivity index (χ0) is 26.8. The summed E-state index contributed by atoms with van der Waals surface area (Å²) in [6, 6.07) is 14.4. The van der Waals surface area contributed by atoms with Gasteiger partial charge in [0.1, 0.15) is 0 Å². The Kier molecular flexibility index (Phi) is 7.61. The predicted octanol–water partition coefficient (Wildman–Crippen LogP) is 4.73. The van der Waals surface area contributed by atoms with Crippen molar-refractivity contribution < 1.29 is 14.3 Å². The monoisotopic (exact) mass is 519 g/mol. The van der Waals surface area contributed by atoms with E-state index in [1.165, 1.54) is 24.8 Å². The maximum atomic E-state index is 13.7. The van der Waals surface area contributed by atoms with Gasteiger partial charge in [0.15, 0.2) is 0 Å². The standard InChI is InChI=1S/C30H41N5O3/c1-33(2)30(24-10-5-4-6-11-24)17-15-29(16-18-30)22-34(28(37)35(29)21-23-8-7-9-23)19-14-26(36)32-25-12-13-27(38-3)31-20-25/h4-6,10-13,20,23H,7-9,14-19,21-22H2,1-3H3,(H,32,36). The van der Waals surface area contributed by atoms with E-state index in [-0.39, 0.29) is 29.4 Å². The van der Waals surface area contributed by atoms with Gasteiger partial charge in [0, 0.05) is 37.7 Å². The van der Waals surface area contributed by atoms with Crippen LogP contribution in [0.25, 0.3) is 0 Å². The van der Waals surface area contributed by atoms with E-state index >= 15 is 0 Å². The SMILES string of the molecule is COc1ccc(NC(=O)CCN2CC3(CCC(c4ccccc4)(N(C)C)CC3)N(CC3CCC3)C2=O)cn1. The quantitative estimate of drug-likeness (QED) is 0.518. The first-order chi connectivity index (χ1) is 18.3. The molecule has 2 heterocycles. The number of pyridine rings is 1. The number of urea groups is 1. The second-order valence-corrected chi connectivity index (χ2v) is 11.5. The lowest BCUT2D eigenvalue weighted by Gasteiger charge is -2.51. The smallest absolute Gasteiger partial charge is 0.320 e. The number of nitrogens with one attached hydrogen (secondary N) is 1. The number of carbonyl (C=O) groups excluding carboxylic acids is 2. The van der Waals surface area contributed by atoms with E-state index in [0.29, 0.717) is 30.6 Å². The lowest BCUT2D eigenvalue weighted by atomic mass is 9.68. The van der Waals surface area contributed by atoms with Gasteiger partial charge >= 0.3 is 6.03 Å². The molecule has 1 saturated heterocycles. The minimum atomic E-state index is -0.155. The molecule has 1 aliphatic heterocycles. The van der Waals surface area contributed by atoms with E-state index in [2.05, 4.69) is 64.5 Å². The minimum Gasteiger partial charge on any atom is -0.481 e. The molecule has 0 radical (unpaired) electrons. The van der Waals surface area contributed by atoms with Crippen LogP contribution in [0.1, 0.15) is 56.9 Å². The van der Waals surface area contributed by atoms with Gasteiger partial charge in [-0.1, -0.05) is 36.8 Å². The summed E-state index contributed by atoms with van der Waals surface area (Å²) in [6.07, 6.45) is 9.50. The number of hydrogen-bond acceptors (Lipinski definition) is 5. The molecule has 204 valence electrons. The van der Waals surface area contributed by atoms with Gasteiger partial charge in [0.2, 0.25) is 11.8 Å². The van der Waals surface area contributed by atoms with Gasteiger partial charge in [-0.3, -0.25) is 9.69 Å². The normalized spacial score (nSPS) is 25.6. The summed E-state index contributed by atoms with van der Waals surface area (Å²) < 4.78 is 5.08. The highest BCUT2D eigenvalue weighted by Crippen LogP contribution is 2.49. The predicted molar refractivity (Wildman–Crippen MR) is 148 cm³/mol. The number of hydrogen-bond donors (Lipinski definition) is 1. The van der Waals surface area contributed by atoms with Gasteiger partial charge in [-0.15, -0.1) is 0 Å². The van der Waals surface area contributed by atoms with Crippen LogP contribution in [-0.4, -0.2) is 78.0 Å². The Labute approximate surface area is 226 Å². The van der Waals surface area contributed by atoms with E-state index in [9.17, 15) is 9.59 Å². The van der Waals surface area contributed by atoms with Crippen LogP contribution >= 0.6 is 0 Å². The maximum Gasteiger partial charge on any atom is 0.320 e. The van der Waals surface area contributed by atoms with Crippen molar-refractivity contribution in [3.05, 3.63) is 54.2 Å². The summed E-state index contributed by atoms with van der Waals surface area (Å²) >= 11 is 0. The Hall–Kier alpha value is -3.13. The second kappa shape index (κ2) is 10.9. The second-order valence-electron chi connectivity index (χ2n) is 11.5. The van der Waals surface area contributed by atoms with Gasteiger partial charge in [0.05, 0.1) is 24.5 Å². The molecule has 3 fully saturated rings. The minimum absolute atomic E-state index is 0.0165. The highest BCUT2D eigenvalue weighted by molar-refractivity contribution is 5.91. The van der Waals surface area contributed by atoms with Gasteiger partial charge in [-0.25, -0.2) is 9.78 Å². The molecule has 38 heavy (non-hydrogen) atoms. The number of ether oxygens (including phenoxy) is 1. The van der Waals surface area contributed by atoms with Gasteiger partial charge in [-0.2, -0.15) is 0 Å².